The van der Waals surface area contributed by atoms with E-state index in [1.165, 1.54) is 0 Å². The lowest BCUT2D eigenvalue weighted by molar-refractivity contribution is 0.199. The van der Waals surface area contributed by atoms with Crippen LogP contribution in [0.5, 0.6) is 0 Å². The molecule has 5 nitrogen and oxygen atoms in total. The van der Waals surface area contributed by atoms with Crippen molar-refractivity contribution in [2.45, 2.75) is 19.6 Å². The quantitative estimate of drug-likeness (QED) is 0.644. The van der Waals surface area contributed by atoms with Crippen LogP contribution in [0.15, 0.2) is 35.3 Å². The zero-order chi connectivity index (χ0) is 15.9. The molecule has 3 N–H and O–H groups in total. The van der Waals surface area contributed by atoms with Gasteiger partial charge in [0.05, 0.1) is 18.2 Å². The molecular formula is C15H14ClN3O2S. The summed E-state index contributed by atoms with van der Waals surface area (Å²) in [5.41, 5.74) is 2.59. The molecule has 1 unspecified atom stereocenters. The minimum atomic E-state index is -0.650. The van der Waals surface area contributed by atoms with Crippen LogP contribution in [0.2, 0.25) is 5.02 Å². The number of fused-ring (bicyclic) bond motifs is 1. The van der Waals surface area contributed by atoms with Crippen molar-refractivity contribution in [1.82, 2.24) is 14.5 Å². The molecule has 2 aromatic heterocycles. The van der Waals surface area contributed by atoms with E-state index in [2.05, 4.69) is 9.97 Å². The molecule has 1 atom stereocenters. The van der Waals surface area contributed by atoms with Gasteiger partial charge in [0.2, 0.25) is 0 Å². The van der Waals surface area contributed by atoms with Gasteiger partial charge in [-0.3, -0.25) is 9.78 Å². The van der Waals surface area contributed by atoms with Gasteiger partial charge in [0.1, 0.15) is 5.52 Å². The maximum Gasteiger partial charge on any atom is 0.276 e. The summed E-state index contributed by atoms with van der Waals surface area (Å²) in [4.78, 5) is 17.4. The molecule has 0 saturated carbocycles. The summed E-state index contributed by atoms with van der Waals surface area (Å²) in [6.07, 6.45) is 1.05. The van der Waals surface area contributed by atoms with E-state index in [0.29, 0.717) is 27.4 Å². The number of aromatic amines is 2. The summed E-state index contributed by atoms with van der Waals surface area (Å²) in [5, 5.41) is 10.3. The Morgan fingerprint density at radius 2 is 2.18 bits per heavy atom. The lowest BCUT2D eigenvalue weighted by atomic mass is 10.1. The van der Waals surface area contributed by atoms with Crippen molar-refractivity contribution in [3.63, 3.8) is 0 Å². The second kappa shape index (κ2) is 5.72. The molecule has 3 aromatic rings. The summed E-state index contributed by atoms with van der Waals surface area (Å²) in [5.74, 6) is 0. The first-order valence-corrected chi connectivity index (χ1v) is 7.52. The van der Waals surface area contributed by atoms with Crippen LogP contribution < -0.4 is 5.56 Å². The fraction of sp³-hybridized carbons (Fsp3) is 0.200. The van der Waals surface area contributed by atoms with Crippen molar-refractivity contribution in [3.8, 4) is 0 Å². The number of halogens is 1. The van der Waals surface area contributed by atoms with Gasteiger partial charge in [0.25, 0.3) is 5.56 Å². The van der Waals surface area contributed by atoms with Crippen molar-refractivity contribution in [3.05, 3.63) is 61.7 Å². The molecule has 0 amide bonds. The number of rotatable bonds is 3. The van der Waals surface area contributed by atoms with E-state index in [-0.39, 0.29) is 5.56 Å². The molecule has 1 aromatic carbocycles. The van der Waals surface area contributed by atoms with Crippen molar-refractivity contribution in [1.29, 1.82) is 0 Å². The van der Waals surface area contributed by atoms with Crippen LogP contribution in [0.4, 0.5) is 0 Å². The number of hydrogen-bond donors (Lipinski definition) is 3. The van der Waals surface area contributed by atoms with Gasteiger partial charge in [0, 0.05) is 11.2 Å². The highest BCUT2D eigenvalue weighted by Gasteiger charge is 2.10. The number of benzene rings is 1. The molecule has 0 aliphatic heterocycles. The summed E-state index contributed by atoms with van der Waals surface area (Å²) in [6.45, 7) is 2.14. The molecule has 0 fully saturated rings. The van der Waals surface area contributed by atoms with Crippen molar-refractivity contribution >= 4 is 34.9 Å². The summed E-state index contributed by atoms with van der Waals surface area (Å²) < 4.78 is 2.18. The number of aliphatic hydroxyl groups is 1. The number of hydrogen-bond acceptors (Lipinski definition) is 3. The fourth-order valence-corrected chi connectivity index (χ4v) is 2.99. The lowest BCUT2D eigenvalue weighted by Crippen LogP contribution is -2.14. The standard InChI is InChI=1S/C15H14ClN3O2S/c1-8(20)10-6-9(2-3-11(10)16)7-19-12-4-5-17-13(12)14(21)18-15(19)22/h2-6,8,17,20H,7H2,1H3,(H,18,21,22). The van der Waals surface area contributed by atoms with E-state index in [0.717, 1.165) is 11.1 Å². The monoisotopic (exact) mass is 335 g/mol. The highest BCUT2D eigenvalue weighted by Crippen LogP contribution is 2.24. The maximum atomic E-state index is 11.8. The molecule has 0 saturated heterocycles. The first-order valence-electron chi connectivity index (χ1n) is 6.74. The zero-order valence-corrected chi connectivity index (χ0v) is 13.3. The van der Waals surface area contributed by atoms with E-state index in [1.54, 1.807) is 19.2 Å². The van der Waals surface area contributed by atoms with Gasteiger partial charge >= 0.3 is 0 Å². The zero-order valence-electron chi connectivity index (χ0n) is 11.8. The van der Waals surface area contributed by atoms with Crippen LogP contribution in [0, 0.1) is 4.77 Å². The van der Waals surface area contributed by atoms with Gasteiger partial charge in [0.15, 0.2) is 4.77 Å². The van der Waals surface area contributed by atoms with Gasteiger partial charge < -0.3 is 14.7 Å². The highest BCUT2D eigenvalue weighted by molar-refractivity contribution is 7.71. The van der Waals surface area contributed by atoms with Gasteiger partial charge in [-0.05, 0) is 48.5 Å². The smallest absolute Gasteiger partial charge is 0.276 e. The third-order valence-corrected chi connectivity index (χ3v) is 4.23. The summed E-state index contributed by atoms with van der Waals surface area (Å²) in [7, 11) is 0. The molecule has 0 aliphatic carbocycles. The lowest BCUT2D eigenvalue weighted by Gasteiger charge is -2.12. The summed E-state index contributed by atoms with van der Waals surface area (Å²) >= 11 is 11.3. The molecule has 0 aliphatic rings. The highest BCUT2D eigenvalue weighted by atomic mass is 35.5. The SMILES string of the molecule is CC(O)c1cc(Cn2c(=S)[nH]c(=O)c3[nH]ccc32)ccc1Cl. The topological polar surface area (TPSA) is 73.8 Å². The van der Waals surface area contributed by atoms with E-state index in [1.807, 2.05) is 22.8 Å². The Morgan fingerprint density at radius 1 is 1.41 bits per heavy atom. The van der Waals surface area contributed by atoms with Crippen LogP contribution in [0.1, 0.15) is 24.2 Å². The molecule has 0 radical (unpaired) electrons. The van der Waals surface area contributed by atoms with Crippen LogP contribution in [0.3, 0.4) is 0 Å². The largest absolute Gasteiger partial charge is 0.389 e. The first kappa shape index (κ1) is 15.0. The maximum absolute atomic E-state index is 11.8. The van der Waals surface area contributed by atoms with Crippen LogP contribution in [0.25, 0.3) is 11.0 Å². The second-order valence-corrected chi connectivity index (χ2v) is 5.91. The Hall–Kier alpha value is -1.89. The van der Waals surface area contributed by atoms with Crippen molar-refractivity contribution in [2.75, 3.05) is 0 Å². The molecule has 0 bridgehead atoms. The molecule has 0 spiro atoms. The van der Waals surface area contributed by atoms with Crippen molar-refractivity contribution in [2.24, 2.45) is 0 Å². The molecular weight excluding hydrogens is 322 g/mol. The van der Waals surface area contributed by atoms with E-state index in [4.69, 9.17) is 23.8 Å². The molecule has 7 heteroatoms. The first-order chi connectivity index (χ1) is 10.5. The third-order valence-electron chi connectivity index (χ3n) is 3.56. The number of H-pyrrole nitrogens is 2. The molecule has 2 heterocycles. The van der Waals surface area contributed by atoms with Crippen molar-refractivity contribution < 1.29 is 5.11 Å². The molecule has 114 valence electrons. The Bertz CT molecular complexity index is 955. The number of nitrogens with zero attached hydrogens (tertiary/aromatic N) is 1. The Kier molecular flexibility index (Phi) is 3.90. The minimum Gasteiger partial charge on any atom is -0.389 e. The van der Waals surface area contributed by atoms with Gasteiger partial charge in [-0.1, -0.05) is 17.7 Å². The number of aliphatic hydroxyl groups excluding tert-OH is 1. The number of nitrogens with one attached hydrogen (secondary N) is 2. The normalized spacial score (nSPS) is 12.7. The predicted molar refractivity (Wildman–Crippen MR) is 88.9 cm³/mol. The van der Waals surface area contributed by atoms with Crippen LogP contribution in [-0.2, 0) is 6.54 Å². The van der Waals surface area contributed by atoms with Crippen LogP contribution in [-0.4, -0.2) is 19.6 Å². The van der Waals surface area contributed by atoms with Gasteiger partial charge in [-0.2, -0.15) is 0 Å². The Balaban J connectivity index is 2.11. The van der Waals surface area contributed by atoms with Crippen LogP contribution >= 0.6 is 23.8 Å². The second-order valence-electron chi connectivity index (χ2n) is 5.12. The van der Waals surface area contributed by atoms with Gasteiger partial charge in [-0.15, -0.1) is 0 Å². The fourth-order valence-electron chi connectivity index (χ4n) is 2.46. The molecule has 22 heavy (non-hydrogen) atoms. The number of aromatic nitrogens is 3. The van der Waals surface area contributed by atoms with E-state index in [9.17, 15) is 9.90 Å². The minimum absolute atomic E-state index is 0.234. The average molecular weight is 336 g/mol. The average Bonchev–Trinajstić information content (AvgIpc) is 2.94. The summed E-state index contributed by atoms with van der Waals surface area (Å²) in [6, 6.07) is 7.28. The predicted octanol–water partition coefficient (Wildman–Crippen LogP) is 3.14. The van der Waals surface area contributed by atoms with E-state index >= 15 is 0 Å². The Morgan fingerprint density at radius 3 is 2.91 bits per heavy atom. The molecule has 3 rings (SSSR count). The third kappa shape index (κ3) is 2.61. The Labute approximate surface area is 136 Å². The van der Waals surface area contributed by atoms with E-state index < -0.39 is 6.10 Å². The van der Waals surface area contributed by atoms with Gasteiger partial charge in [-0.25, -0.2) is 0 Å².